The van der Waals surface area contributed by atoms with Gasteiger partial charge in [-0.25, -0.2) is 4.98 Å². The lowest BCUT2D eigenvalue weighted by atomic mass is 9.79. The molecule has 1 fully saturated rings. The average Bonchev–Trinajstić information content (AvgIpc) is 3.31. The molecule has 3 rings (SSSR count). The maximum absolute atomic E-state index is 12.9. The quantitative estimate of drug-likeness (QED) is 0.727. The van der Waals surface area contributed by atoms with Gasteiger partial charge >= 0.3 is 5.97 Å². The fourth-order valence-corrected chi connectivity index (χ4v) is 4.34. The molecule has 1 aromatic carbocycles. The van der Waals surface area contributed by atoms with Crippen molar-refractivity contribution in [3.63, 3.8) is 0 Å². The summed E-state index contributed by atoms with van der Waals surface area (Å²) in [6, 6.07) is 11.6. The Hall–Kier alpha value is -2.52. The van der Waals surface area contributed by atoms with E-state index in [0.29, 0.717) is 5.01 Å². The number of nitriles is 1. The minimum absolute atomic E-state index is 0.374. The number of ketones is 1. The van der Waals surface area contributed by atoms with Gasteiger partial charge in [0.25, 0.3) is 0 Å². The van der Waals surface area contributed by atoms with E-state index in [1.165, 1.54) is 11.3 Å². The molecule has 134 valence electrons. The summed E-state index contributed by atoms with van der Waals surface area (Å²) in [5.74, 6) is -1.80. The lowest BCUT2D eigenvalue weighted by Crippen LogP contribution is -2.36. The predicted molar refractivity (Wildman–Crippen MR) is 97.8 cm³/mol. The van der Waals surface area contributed by atoms with Gasteiger partial charge in [0.05, 0.1) is 11.5 Å². The van der Waals surface area contributed by atoms with E-state index < -0.39 is 23.7 Å². The third-order valence-corrected chi connectivity index (χ3v) is 5.88. The highest BCUT2D eigenvalue weighted by Gasteiger charge is 2.44. The third kappa shape index (κ3) is 3.54. The zero-order valence-corrected chi connectivity index (χ0v) is 15.4. The van der Waals surface area contributed by atoms with E-state index in [2.05, 4.69) is 4.98 Å². The highest BCUT2D eigenvalue weighted by molar-refractivity contribution is 7.09. The molecule has 0 amide bonds. The first-order valence-electron chi connectivity index (χ1n) is 8.64. The highest BCUT2D eigenvalue weighted by Crippen LogP contribution is 2.42. The van der Waals surface area contributed by atoms with Crippen molar-refractivity contribution < 1.29 is 14.3 Å². The Bertz CT molecular complexity index is 832. The first-order chi connectivity index (χ1) is 12.6. The molecule has 1 saturated carbocycles. The van der Waals surface area contributed by atoms with Gasteiger partial charge in [0.2, 0.25) is 0 Å². The van der Waals surface area contributed by atoms with E-state index in [1.807, 2.05) is 43.3 Å². The summed E-state index contributed by atoms with van der Waals surface area (Å²) in [6.07, 6.45) is 3.35. The number of aromatic nitrogens is 1. The summed E-state index contributed by atoms with van der Waals surface area (Å²) < 4.78 is 5.39. The first kappa shape index (κ1) is 18.3. The summed E-state index contributed by atoms with van der Waals surface area (Å²) in [6.45, 7) is 1.41. The molecule has 1 atom stereocenters. The second kappa shape index (κ2) is 7.79. The molecule has 1 aromatic heterocycles. The van der Waals surface area contributed by atoms with E-state index >= 15 is 0 Å². The molecule has 0 aliphatic heterocycles. The summed E-state index contributed by atoms with van der Waals surface area (Å²) >= 11 is 1.27. The number of hydrogen-bond acceptors (Lipinski definition) is 6. The topological polar surface area (TPSA) is 80.0 Å². The standard InChI is InChI=1S/C20H20N2O3S/c1-14-13-26-18(22-14)16(11-21)17(23)12-25-19(24)20(9-5-6-10-20)15-7-3-2-4-8-15/h2-4,7-8,13,16H,5-6,9-10,12H2,1H3/t16-/m0/s1. The fourth-order valence-electron chi connectivity index (χ4n) is 3.47. The van der Waals surface area contributed by atoms with E-state index in [-0.39, 0.29) is 5.97 Å². The average molecular weight is 368 g/mol. The van der Waals surface area contributed by atoms with Crippen LogP contribution in [0.15, 0.2) is 35.7 Å². The van der Waals surface area contributed by atoms with Gasteiger partial charge < -0.3 is 4.74 Å². The molecule has 0 bridgehead atoms. The number of hydrogen-bond donors (Lipinski definition) is 0. The lowest BCUT2D eigenvalue weighted by Gasteiger charge is -2.27. The summed E-state index contributed by atoms with van der Waals surface area (Å²) in [5.41, 5.74) is 1.02. The van der Waals surface area contributed by atoms with Gasteiger partial charge in [-0.3, -0.25) is 9.59 Å². The third-order valence-electron chi connectivity index (χ3n) is 4.85. The van der Waals surface area contributed by atoms with E-state index in [1.54, 1.807) is 5.38 Å². The van der Waals surface area contributed by atoms with Crippen LogP contribution in [0.25, 0.3) is 0 Å². The van der Waals surface area contributed by atoms with Crippen LogP contribution in [0.5, 0.6) is 0 Å². The van der Waals surface area contributed by atoms with Crippen LogP contribution in [0.3, 0.4) is 0 Å². The summed E-state index contributed by atoms with van der Waals surface area (Å²) in [5, 5.41) is 11.6. The van der Waals surface area contributed by atoms with Crippen molar-refractivity contribution in [3.05, 3.63) is 52.0 Å². The second-order valence-electron chi connectivity index (χ2n) is 6.59. The molecule has 0 spiro atoms. The first-order valence-corrected chi connectivity index (χ1v) is 9.52. The molecule has 1 aliphatic rings. The van der Waals surface area contributed by atoms with E-state index in [9.17, 15) is 14.9 Å². The number of carbonyl (C=O) groups is 2. The van der Waals surface area contributed by atoms with Gasteiger partial charge in [0, 0.05) is 11.1 Å². The zero-order chi connectivity index (χ0) is 18.6. The van der Waals surface area contributed by atoms with Crippen LogP contribution in [-0.2, 0) is 19.7 Å². The van der Waals surface area contributed by atoms with Gasteiger partial charge in [-0.2, -0.15) is 5.26 Å². The number of thiazole rings is 1. The number of nitrogens with zero attached hydrogens (tertiary/aromatic N) is 2. The van der Waals surface area contributed by atoms with Crippen LogP contribution in [0.4, 0.5) is 0 Å². The number of ether oxygens (including phenoxy) is 1. The molecule has 2 aromatic rings. The summed E-state index contributed by atoms with van der Waals surface area (Å²) in [7, 11) is 0. The number of Topliss-reactive ketones (excluding diaryl/α,β-unsaturated/α-hetero) is 1. The van der Waals surface area contributed by atoms with Crippen LogP contribution >= 0.6 is 11.3 Å². The molecule has 0 saturated heterocycles. The van der Waals surface area contributed by atoms with Crippen molar-refractivity contribution in [1.29, 1.82) is 5.26 Å². The molecule has 0 radical (unpaired) electrons. The minimum atomic E-state index is -0.988. The van der Waals surface area contributed by atoms with Crippen LogP contribution in [0, 0.1) is 18.3 Å². The Kier molecular flexibility index (Phi) is 5.48. The Labute approximate surface area is 156 Å². The number of aryl methyl sites for hydroxylation is 1. The molecule has 6 heteroatoms. The van der Waals surface area contributed by atoms with E-state index in [0.717, 1.165) is 36.9 Å². The number of rotatable bonds is 6. The lowest BCUT2D eigenvalue weighted by molar-refractivity contribution is -0.154. The largest absolute Gasteiger partial charge is 0.457 e. The van der Waals surface area contributed by atoms with Crippen molar-refractivity contribution in [3.8, 4) is 6.07 Å². The van der Waals surface area contributed by atoms with Gasteiger partial charge in [0.15, 0.2) is 18.3 Å². The zero-order valence-electron chi connectivity index (χ0n) is 14.6. The van der Waals surface area contributed by atoms with Gasteiger partial charge in [-0.1, -0.05) is 43.2 Å². The number of benzene rings is 1. The predicted octanol–water partition coefficient (Wildman–Crippen LogP) is 3.68. The van der Waals surface area contributed by atoms with Crippen molar-refractivity contribution in [1.82, 2.24) is 4.98 Å². The van der Waals surface area contributed by atoms with Crippen molar-refractivity contribution in [2.24, 2.45) is 0 Å². The van der Waals surface area contributed by atoms with Crippen molar-refractivity contribution in [2.75, 3.05) is 6.61 Å². The molecule has 1 aliphatic carbocycles. The maximum atomic E-state index is 12.9. The van der Waals surface area contributed by atoms with Gasteiger partial charge in [-0.05, 0) is 25.3 Å². The Morgan fingerprint density at radius 3 is 2.58 bits per heavy atom. The molecule has 26 heavy (non-hydrogen) atoms. The molecule has 0 unspecified atom stereocenters. The summed E-state index contributed by atoms with van der Waals surface area (Å²) in [4.78, 5) is 29.5. The van der Waals surface area contributed by atoms with Gasteiger partial charge in [-0.15, -0.1) is 11.3 Å². The SMILES string of the molecule is Cc1csc([C@@H](C#N)C(=O)COC(=O)C2(c3ccccc3)CCCC2)n1. The number of carbonyl (C=O) groups excluding carboxylic acids is 2. The van der Waals surface area contributed by atoms with Crippen molar-refractivity contribution in [2.45, 2.75) is 43.9 Å². The van der Waals surface area contributed by atoms with Crippen LogP contribution in [0.2, 0.25) is 0 Å². The number of esters is 1. The van der Waals surface area contributed by atoms with Crippen LogP contribution < -0.4 is 0 Å². The van der Waals surface area contributed by atoms with Crippen LogP contribution in [0.1, 0.15) is 47.9 Å². The molecule has 5 nitrogen and oxygen atoms in total. The molecular weight excluding hydrogens is 348 g/mol. The Balaban J connectivity index is 1.71. The highest BCUT2D eigenvalue weighted by atomic mass is 32.1. The maximum Gasteiger partial charge on any atom is 0.316 e. The monoisotopic (exact) mass is 368 g/mol. The molecule has 1 heterocycles. The smallest absolute Gasteiger partial charge is 0.316 e. The Morgan fingerprint density at radius 1 is 1.31 bits per heavy atom. The molecule has 0 N–H and O–H groups in total. The second-order valence-corrected chi connectivity index (χ2v) is 7.48. The minimum Gasteiger partial charge on any atom is -0.457 e. The Morgan fingerprint density at radius 2 is 2.00 bits per heavy atom. The fraction of sp³-hybridized carbons (Fsp3) is 0.400. The van der Waals surface area contributed by atoms with Crippen molar-refractivity contribution >= 4 is 23.1 Å². The molecular formula is C20H20N2O3S. The normalized spacial score (nSPS) is 16.6. The van der Waals surface area contributed by atoms with E-state index in [4.69, 9.17) is 4.74 Å². The van der Waals surface area contributed by atoms with Gasteiger partial charge in [0.1, 0.15) is 5.01 Å². The van der Waals surface area contributed by atoms with Crippen LogP contribution in [-0.4, -0.2) is 23.3 Å².